The number of guanidine groups is 1. The van der Waals surface area contributed by atoms with Gasteiger partial charge in [0.2, 0.25) is 0 Å². The third kappa shape index (κ3) is 6.67. The lowest BCUT2D eigenvalue weighted by Gasteiger charge is -2.22. The molecule has 0 saturated carbocycles. The highest BCUT2D eigenvalue weighted by molar-refractivity contribution is 6.30. The first-order valence-corrected chi connectivity index (χ1v) is 8.88. The number of nitrogens with zero attached hydrogens (tertiary/aromatic N) is 2. The van der Waals surface area contributed by atoms with Gasteiger partial charge in [0.05, 0.1) is 13.2 Å². The molecule has 0 spiro atoms. The molecular weight excluding hydrogens is 326 g/mol. The number of nitrogens with one attached hydrogen (secondary N) is 1. The first-order valence-electron chi connectivity index (χ1n) is 8.50. The van der Waals surface area contributed by atoms with E-state index in [2.05, 4.69) is 21.3 Å². The second kappa shape index (κ2) is 10.5. The van der Waals surface area contributed by atoms with Crippen LogP contribution in [0.3, 0.4) is 0 Å². The molecule has 1 unspecified atom stereocenters. The molecule has 0 amide bonds. The summed E-state index contributed by atoms with van der Waals surface area (Å²) in [6, 6.07) is 7.90. The third-order valence-corrected chi connectivity index (χ3v) is 4.24. The van der Waals surface area contributed by atoms with Gasteiger partial charge in [0.1, 0.15) is 0 Å². The smallest absolute Gasteiger partial charge is 0.193 e. The van der Waals surface area contributed by atoms with E-state index in [9.17, 15) is 0 Å². The highest BCUT2D eigenvalue weighted by atomic mass is 35.5. The average molecular weight is 354 g/mol. The highest BCUT2D eigenvalue weighted by Crippen LogP contribution is 2.13. The predicted molar refractivity (Wildman–Crippen MR) is 98.6 cm³/mol. The standard InChI is InChI=1S/C18H28ClN3O2/c1-20-18(22(2)12-15-5-3-6-17(19)11-15)21-8-4-9-23-13-16-7-10-24-14-16/h3,5-6,11,16H,4,7-10,12-14H2,1-2H3,(H,20,21). The van der Waals surface area contributed by atoms with Crippen LogP contribution < -0.4 is 5.32 Å². The van der Waals surface area contributed by atoms with Gasteiger partial charge >= 0.3 is 0 Å². The van der Waals surface area contributed by atoms with Crippen molar-refractivity contribution < 1.29 is 9.47 Å². The number of benzene rings is 1. The summed E-state index contributed by atoms with van der Waals surface area (Å²) in [5, 5.41) is 4.13. The summed E-state index contributed by atoms with van der Waals surface area (Å²) in [4.78, 5) is 6.41. The lowest BCUT2D eigenvalue weighted by atomic mass is 10.1. The van der Waals surface area contributed by atoms with Gasteiger partial charge in [-0.3, -0.25) is 4.99 Å². The molecule has 2 rings (SSSR count). The molecule has 1 aliphatic rings. The number of hydrogen-bond donors (Lipinski definition) is 1. The summed E-state index contributed by atoms with van der Waals surface area (Å²) in [5.74, 6) is 1.45. The monoisotopic (exact) mass is 353 g/mol. The van der Waals surface area contributed by atoms with Crippen LogP contribution in [0.2, 0.25) is 5.02 Å². The Morgan fingerprint density at radius 1 is 1.50 bits per heavy atom. The Bertz CT molecular complexity index is 519. The SMILES string of the molecule is CN=C(NCCCOCC1CCOC1)N(C)Cc1cccc(Cl)c1. The zero-order valence-electron chi connectivity index (χ0n) is 14.6. The van der Waals surface area contributed by atoms with Gasteiger partial charge in [0, 0.05) is 51.3 Å². The summed E-state index contributed by atoms with van der Waals surface area (Å²) >= 11 is 6.03. The maximum Gasteiger partial charge on any atom is 0.193 e. The Balaban J connectivity index is 1.62. The highest BCUT2D eigenvalue weighted by Gasteiger charge is 2.15. The van der Waals surface area contributed by atoms with Gasteiger partial charge in [-0.25, -0.2) is 0 Å². The molecule has 1 heterocycles. The van der Waals surface area contributed by atoms with Gasteiger partial charge in [0.25, 0.3) is 0 Å². The summed E-state index contributed by atoms with van der Waals surface area (Å²) in [6.07, 6.45) is 2.08. The van der Waals surface area contributed by atoms with E-state index in [-0.39, 0.29) is 0 Å². The average Bonchev–Trinajstić information content (AvgIpc) is 3.07. The van der Waals surface area contributed by atoms with E-state index in [0.717, 1.165) is 68.9 Å². The molecule has 1 saturated heterocycles. The van der Waals surface area contributed by atoms with E-state index in [1.807, 2.05) is 25.2 Å². The zero-order valence-corrected chi connectivity index (χ0v) is 15.4. The van der Waals surface area contributed by atoms with Gasteiger partial charge in [-0.1, -0.05) is 23.7 Å². The van der Waals surface area contributed by atoms with Crippen LogP contribution in [0.15, 0.2) is 29.3 Å². The molecule has 1 atom stereocenters. The van der Waals surface area contributed by atoms with Crippen LogP contribution in [-0.2, 0) is 16.0 Å². The number of ether oxygens (including phenoxy) is 2. The van der Waals surface area contributed by atoms with Crippen molar-refractivity contribution in [3.05, 3.63) is 34.9 Å². The topological polar surface area (TPSA) is 46.1 Å². The molecule has 1 aromatic rings. The maximum absolute atomic E-state index is 6.03. The van der Waals surface area contributed by atoms with Crippen molar-refractivity contribution in [2.45, 2.75) is 19.4 Å². The second-order valence-electron chi connectivity index (χ2n) is 6.12. The van der Waals surface area contributed by atoms with Crippen LogP contribution in [0, 0.1) is 5.92 Å². The molecule has 1 aromatic carbocycles. The molecule has 134 valence electrons. The number of rotatable bonds is 8. The van der Waals surface area contributed by atoms with Crippen LogP contribution in [0.5, 0.6) is 0 Å². The van der Waals surface area contributed by atoms with Crippen LogP contribution in [-0.4, -0.2) is 57.9 Å². The van der Waals surface area contributed by atoms with E-state index < -0.39 is 0 Å². The fourth-order valence-electron chi connectivity index (χ4n) is 2.71. The van der Waals surface area contributed by atoms with Crippen molar-refractivity contribution in [1.29, 1.82) is 0 Å². The maximum atomic E-state index is 6.03. The molecule has 5 nitrogen and oxygen atoms in total. The first-order chi connectivity index (χ1) is 11.7. The molecule has 0 aromatic heterocycles. The van der Waals surface area contributed by atoms with Crippen LogP contribution in [0.4, 0.5) is 0 Å². The minimum absolute atomic E-state index is 0.578. The minimum Gasteiger partial charge on any atom is -0.381 e. The molecule has 1 aliphatic heterocycles. The van der Waals surface area contributed by atoms with E-state index in [4.69, 9.17) is 21.1 Å². The van der Waals surface area contributed by atoms with Crippen molar-refractivity contribution in [1.82, 2.24) is 10.2 Å². The molecule has 0 radical (unpaired) electrons. The number of aliphatic imine (C=N–C) groups is 1. The fraction of sp³-hybridized carbons (Fsp3) is 0.611. The zero-order chi connectivity index (χ0) is 17.2. The quantitative estimate of drug-likeness (QED) is 0.443. The van der Waals surface area contributed by atoms with Crippen molar-refractivity contribution in [3.8, 4) is 0 Å². The summed E-state index contributed by atoms with van der Waals surface area (Å²) in [6.45, 7) is 4.90. The third-order valence-electron chi connectivity index (χ3n) is 4.01. The summed E-state index contributed by atoms with van der Waals surface area (Å²) < 4.78 is 11.1. The normalized spacial score (nSPS) is 18.0. The Hall–Kier alpha value is -1.30. The second-order valence-corrected chi connectivity index (χ2v) is 6.55. The van der Waals surface area contributed by atoms with Crippen LogP contribution in [0.1, 0.15) is 18.4 Å². The summed E-state index contributed by atoms with van der Waals surface area (Å²) in [5.41, 5.74) is 1.16. The van der Waals surface area contributed by atoms with Crippen LogP contribution in [0.25, 0.3) is 0 Å². The predicted octanol–water partition coefficient (Wildman–Crippen LogP) is 2.79. The summed E-state index contributed by atoms with van der Waals surface area (Å²) in [7, 11) is 3.82. The van der Waals surface area contributed by atoms with E-state index >= 15 is 0 Å². The van der Waals surface area contributed by atoms with Crippen molar-refractivity contribution in [3.63, 3.8) is 0 Å². The number of halogens is 1. The van der Waals surface area contributed by atoms with Gasteiger partial charge in [0.15, 0.2) is 5.96 Å². The Morgan fingerprint density at radius 2 is 2.38 bits per heavy atom. The number of hydrogen-bond acceptors (Lipinski definition) is 3. The van der Waals surface area contributed by atoms with Gasteiger partial charge in [-0.2, -0.15) is 0 Å². The molecule has 0 bridgehead atoms. The molecule has 0 aliphatic carbocycles. The minimum atomic E-state index is 0.578. The Morgan fingerprint density at radius 3 is 3.08 bits per heavy atom. The van der Waals surface area contributed by atoms with Crippen molar-refractivity contribution in [2.75, 3.05) is 47.1 Å². The van der Waals surface area contributed by atoms with E-state index in [0.29, 0.717) is 5.92 Å². The molecule has 6 heteroatoms. The lowest BCUT2D eigenvalue weighted by molar-refractivity contribution is 0.0887. The van der Waals surface area contributed by atoms with E-state index in [1.165, 1.54) is 0 Å². The lowest BCUT2D eigenvalue weighted by Crippen LogP contribution is -2.39. The van der Waals surface area contributed by atoms with Crippen LogP contribution >= 0.6 is 11.6 Å². The van der Waals surface area contributed by atoms with Crippen molar-refractivity contribution in [2.24, 2.45) is 10.9 Å². The molecule has 24 heavy (non-hydrogen) atoms. The van der Waals surface area contributed by atoms with E-state index in [1.54, 1.807) is 7.05 Å². The van der Waals surface area contributed by atoms with Crippen molar-refractivity contribution >= 4 is 17.6 Å². The Kier molecular flexibility index (Phi) is 8.36. The first kappa shape index (κ1) is 19.0. The van der Waals surface area contributed by atoms with Gasteiger partial charge in [-0.15, -0.1) is 0 Å². The largest absolute Gasteiger partial charge is 0.381 e. The fourth-order valence-corrected chi connectivity index (χ4v) is 2.92. The molecular formula is C18H28ClN3O2. The molecule has 1 N–H and O–H groups in total. The van der Waals surface area contributed by atoms with Gasteiger partial charge < -0.3 is 19.7 Å². The molecule has 1 fully saturated rings. The van der Waals surface area contributed by atoms with Gasteiger partial charge in [-0.05, 0) is 30.5 Å². The Labute approximate surface area is 150 Å².